The van der Waals surface area contributed by atoms with Gasteiger partial charge < -0.3 is 40.1 Å². The molecule has 4 N–H and O–H groups in total. The van der Waals surface area contributed by atoms with E-state index in [0.717, 1.165) is 61.5 Å². The van der Waals surface area contributed by atoms with E-state index in [9.17, 15) is 19.8 Å². The van der Waals surface area contributed by atoms with Gasteiger partial charge in [0.2, 0.25) is 5.91 Å². The van der Waals surface area contributed by atoms with E-state index in [0.29, 0.717) is 69.3 Å². The number of anilines is 1. The molecule has 3 aromatic carbocycles. The first kappa shape index (κ1) is 36.7. The second-order valence-corrected chi connectivity index (χ2v) is 14.5. The van der Waals surface area contributed by atoms with E-state index >= 15 is 0 Å². The fraction of sp³-hybridized carbons (Fsp3) is 0.512. The Morgan fingerprint density at radius 2 is 1.78 bits per heavy atom. The van der Waals surface area contributed by atoms with Gasteiger partial charge in [-0.15, -0.1) is 0 Å². The monoisotopic (exact) mass is 698 g/mol. The van der Waals surface area contributed by atoms with E-state index in [4.69, 9.17) is 9.47 Å². The summed E-state index contributed by atoms with van der Waals surface area (Å²) in [6, 6.07) is 20.0. The van der Waals surface area contributed by atoms with Crippen LogP contribution < -0.4 is 15.4 Å². The van der Waals surface area contributed by atoms with Crippen molar-refractivity contribution in [1.82, 2.24) is 15.1 Å². The molecule has 51 heavy (non-hydrogen) atoms. The number of amides is 2. The fourth-order valence-electron chi connectivity index (χ4n) is 7.66. The third-order valence-corrected chi connectivity index (χ3v) is 11.1. The zero-order valence-electron chi connectivity index (χ0n) is 30.0. The zero-order valence-corrected chi connectivity index (χ0v) is 30.0. The van der Waals surface area contributed by atoms with Crippen molar-refractivity contribution in [3.63, 3.8) is 0 Å². The van der Waals surface area contributed by atoms with Crippen molar-refractivity contribution in [2.24, 2.45) is 5.92 Å². The van der Waals surface area contributed by atoms with Gasteiger partial charge >= 0.3 is 0 Å². The molecule has 10 nitrogen and oxygen atoms in total. The molecule has 0 aromatic heterocycles. The SMILES string of the molecule is CN1CCC(c2ccccc2)(c2cc(CCOCCC(=O)N(CCNCCc3ccc(O)c4c3OCC(=O)N4)CCC3CCC3)ccc2O)CC1. The molecule has 10 heteroatoms. The van der Waals surface area contributed by atoms with Gasteiger partial charge in [-0.25, -0.2) is 0 Å². The first-order valence-corrected chi connectivity index (χ1v) is 18.7. The summed E-state index contributed by atoms with van der Waals surface area (Å²) in [7, 11) is 2.16. The molecule has 3 aromatic rings. The van der Waals surface area contributed by atoms with Gasteiger partial charge in [0.15, 0.2) is 12.4 Å². The fourth-order valence-corrected chi connectivity index (χ4v) is 7.66. The molecule has 1 saturated carbocycles. The van der Waals surface area contributed by atoms with Crippen LogP contribution in [0.15, 0.2) is 60.7 Å². The Kier molecular flexibility index (Phi) is 12.5. The van der Waals surface area contributed by atoms with Gasteiger partial charge in [-0.05, 0) is 93.5 Å². The van der Waals surface area contributed by atoms with Gasteiger partial charge in [-0.3, -0.25) is 9.59 Å². The topological polar surface area (TPSA) is 124 Å². The number of carbonyl (C=O) groups is 2. The Morgan fingerprint density at radius 1 is 1.00 bits per heavy atom. The maximum atomic E-state index is 13.4. The molecule has 0 bridgehead atoms. The molecule has 1 aliphatic carbocycles. The largest absolute Gasteiger partial charge is 0.508 e. The number of benzene rings is 3. The average Bonchev–Trinajstić information content (AvgIpc) is 3.12. The number of likely N-dealkylation sites (tertiary alicyclic amines) is 1. The van der Waals surface area contributed by atoms with Gasteiger partial charge in [-0.2, -0.15) is 0 Å². The van der Waals surface area contributed by atoms with Crippen molar-refractivity contribution in [2.45, 2.75) is 63.2 Å². The third-order valence-electron chi connectivity index (χ3n) is 11.1. The molecule has 0 radical (unpaired) electrons. The summed E-state index contributed by atoms with van der Waals surface area (Å²) < 4.78 is 11.6. The van der Waals surface area contributed by atoms with Gasteiger partial charge in [0.05, 0.1) is 19.6 Å². The molecular weight excluding hydrogens is 644 g/mol. The van der Waals surface area contributed by atoms with Crippen molar-refractivity contribution in [3.05, 3.63) is 82.9 Å². The number of piperidine rings is 1. The molecule has 0 atom stereocenters. The first-order chi connectivity index (χ1) is 24.8. The van der Waals surface area contributed by atoms with Crippen LogP contribution in [-0.2, 0) is 32.6 Å². The molecule has 2 aliphatic heterocycles. The molecule has 0 spiro atoms. The lowest BCUT2D eigenvalue weighted by Crippen LogP contribution is -2.41. The first-order valence-electron chi connectivity index (χ1n) is 18.7. The van der Waals surface area contributed by atoms with Crippen LogP contribution in [0.2, 0.25) is 0 Å². The number of hydrogen-bond acceptors (Lipinski definition) is 8. The van der Waals surface area contributed by atoms with Crippen LogP contribution >= 0.6 is 0 Å². The highest BCUT2D eigenvalue weighted by atomic mass is 16.5. The predicted octanol–water partition coefficient (Wildman–Crippen LogP) is 5.24. The molecule has 2 fully saturated rings. The molecule has 274 valence electrons. The number of fused-ring (bicyclic) bond motifs is 1. The van der Waals surface area contributed by atoms with Gasteiger partial charge in [-0.1, -0.05) is 67.8 Å². The number of nitrogens with one attached hydrogen (secondary N) is 2. The van der Waals surface area contributed by atoms with E-state index in [1.807, 2.05) is 29.2 Å². The quantitative estimate of drug-likeness (QED) is 0.112. The van der Waals surface area contributed by atoms with Crippen LogP contribution in [-0.4, -0.2) is 98.0 Å². The lowest BCUT2D eigenvalue weighted by atomic mass is 9.67. The minimum atomic E-state index is -0.281. The zero-order chi connectivity index (χ0) is 35.6. The van der Waals surface area contributed by atoms with E-state index in [1.165, 1.54) is 24.8 Å². The Hall–Kier alpha value is -4.12. The maximum absolute atomic E-state index is 13.4. The van der Waals surface area contributed by atoms with Crippen molar-refractivity contribution in [3.8, 4) is 17.2 Å². The second kappa shape index (κ2) is 17.4. The average molecular weight is 699 g/mol. The predicted molar refractivity (Wildman–Crippen MR) is 199 cm³/mol. The smallest absolute Gasteiger partial charge is 0.262 e. The van der Waals surface area contributed by atoms with Crippen molar-refractivity contribution >= 4 is 17.5 Å². The molecule has 2 amide bonds. The Morgan fingerprint density at radius 3 is 2.55 bits per heavy atom. The summed E-state index contributed by atoms with van der Waals surface area (Å²) >= 11 is 0. The number of rotatable bonds is 17. The lowest BCUT2D eigenvalue weighted by molar-refractivity contribution is -0.132. The van der Waals surface area contributed by atoms with Crippen molar-refractivity contribution < 1.29 is 29.3 Å². The van der Waals surface area contributed by atoms with E-state index in [1.54, 1.807) is 6.07 Å². The number of aromatic hydroxyl groups is 2. The Labute approximate surface area is 302 Å². The van der Waals surface area contributed by atoms with E-state index in [2.05, 4.69) is 52.9 Å². The summed E-state index contributed by atoms with van der Waals surface area (Å²) in [5.74, 6) is 1.42. The second-order valence-electron chi connectivity index (χ2n) is 14.5. The highest BCUT2D eigenvalue weighted by molar-refractivity contribution is 5.97. The number of carbonyl (C=O) groups excluding carboxylic acids is 2. The molecule has 2 heterocycles. The Balaban J connectivity index is 0.972. The summed E-state index contributed by atoms with van der Waals surface area (Å²) in [6.45, 7) is 5.50. The van der Waals surface area contributed by atoms with Crippen molar-refractivity contribution in [1.29, 1.82) is 0 Å². The number of phenolic OH excluding ortho intramolecular Hbond substituents is 2. The normalized spacial score (nSPS) is 17.2. The minimum absolute atomic E-state index is 0.00591. The van der Waals surface area contributed by atoms with Gasteiger partial charge in [0.25, 0.3) is 5.91 Å². The summed E-state index contributed by atoms with van der Waals surface area (Å²) in [5.41, 5.74) is 4.38. The van der Waals surface area contributed by atoms with Gasteiger partial charge in [0.1, 0.15) is 17.2 Å². The highest BCUT2D eigenvalue weighted by Gasteiger charge is 2.39. The van der Waals surface area contributed by atoms with Crippen LogP contribution in [0, 0.1) is 5.92 Å². The minimum Gasteiger partial charge on any atom is -0.508 e. The molecule has 3 aliphatic rings. The van der Waals surface area contributed by atoms with Crippen LogP contribution in [0.1, 0.15) is 67.2 Å². The van der Waals surface area contributed by atoms with Gasteiger partial charge in [0, 0.05) is 30.6 Å². The summed E-state index contributed by atoms with van der Waals surface area (Å²) in [6.07, 6.45) is 8.46. The number of nitrogens with zero attached hydrogens (tertiary/aromatic N) is 2. The summed E-state index contributed by atoms with van der Waals surface area (Å²) in [5, 5.41) is 27.4. The van der Waals surface area contributed by atoms with Crippen molar-refractivity contribution in [2.75, 3.05) is 71.5 Å². The number of phenols is 2. The van der Waals surface area contributed by atoms with Crippen LogP contribution in [0.3, 0.4) is 0 Å². The van der Waals surface area contributed by atoms with Crippen LogP contribution in [0.4, 0.5) is 5.69 Å². The molecular formula is C41H54N4O6. The summed E-state index contributed by atoms with van der Waals surface area (Å²) in [4.78, 5) is 29.4. The highest BCUT2D eigenvalue weighted by Crippen LogP contribution is 2.45. The maximum Gasteiger partial charge on any atom is 0.262 e. The standard InChI is InChI=1S/C41H54N4O6/c1-44-23-18-41(19-24-44,33-8-3-2-4-9-33)34-28-31(10-12-35(34)46)16-26-50-27-17-38(49)45(22-15-30-6-5-7-30)25-21-42-20-14-32-11-13-36(47)39-40(32)51-29-37(48)43-39/h2-4,8-13,28,30,42,46-47H,5-7,14-27,29H2,1H3,(H,43,48). The molecule has 0 unspecified atom stereocenters. The van der Waals surface area contributed by atoms with Crippen LogP contribution in [0.25, 0.3) is 0 Å². The van der Waals surface area contributed by atoms with E-state index < -0.39 is 0 Å². The van der Waals surface area contributed by atoms with Crippen LogP contribution in [0.5, 0.6) is 17.2 Å². The van der Waals surface area contributed by atoms with E-state index in [-0.39, 0.29) is 29.6 Å². The molecule has 6 rings (SSSR count). The number of hydrogen-bond donors (Lipinski definition) is 4. The Bertz CT molecular complexity index is 1620. The number of ether oxygens (including phenoxy) is 2. The molecule has 1 saturated heterocycles. The third kappa shape index (κ3) is 9.22. The lowest BCUT2D eigenvalue weighted by Gasteiger charge is -2.42.